The van der Waals surface area contributed by atoms with Crippen LogP contribution in [0.25, 0.3) is 0 Å². The Morgan fingerprint density at radius 1 is 1.25 bits per heavy atom. The average Bonchev–Trinajstić information content (AvgIpc) is 2.21. The van der Waals surface area contributed by atoms with Crippen molar-refractivity contribution in [3.8, 4) is 0 Å². The van der Waals surface area contributed by atoms with Gasteiger partial charge < -0.3 is 10.00 Å². The van der Waals surface area contributed by atoms with E-state index in [0.717, 1.165) is 32.1 Å². The fourth-order valence-corrected chi connectivity index (χ4v) is 3.06. The summed E-state index contributed by atoms with van der Waals surface area (Å²) in [5.74, 6) is 0.233. The summed E-state index contributed by atoms with van der Waals surface area (Å²) in [5.41, 5.74) is 0. The Morgan fingerprint density at radius 3 is 2.19 bits per heavy atom. The molecule has 0 aliphatic carbocycles. The van der Waals surface area contributed by atoms with E-state index in [1.807, 2.05) is 6.92 Å². The lowest BCUT2D eigenvalue weighted by Crippen LogP contribution is -2.35. The summed E-state index contributed by atoms with van der Waals surface area (Å²) in [6, 6.07) is 0. The first kappa shape index (κ1) is 16.1. The molecule has 4 unspecified atom stereocenters. The van der Waals surface area contributed by atoms with Gasteiger partial charge in [0.1, 0.15) is 5.34 Å². The van der Waals surface area contributed by atoms with Gasteiger partial charge in [0.15, 0.2) is 0 Å². The van der Waals surface area contributed by atoms with Crippen molar-refractivity contribution in [1.29, 1.82) is 0 Å². The summed E-state index contributed by atoms with van der Waals surface area (Å²) in [6.07, 6.45) is 5.01. The van der Waals surface area contributed by atoms with Crippen molar-refractivity contribution in [3.63, 3.8) is 0 Å². The van der Waals surface area contributed by atoms with E-state index >= 15 is 0 Å². The third-order valence-electron chi connectivity index (χ3n) is 3.45. The largest absolute Gasteiger partial charge is 0.380 e. The molecule has 4 heteroatoms. The molecule has 0 aromatic heterocycles. The molecule has 0 spiro atoms. The van der Waals surface area contributed by atoms with Gasteiger partial charge in [0.2, 0.25) is 8.03 Å². The number of aliphatic hydroxyl groups is 1. The van der Waals surface area contributed by atoms with Crippen molar-refractivity contribution in [1.82, 2.24) is 0 Å². The third kappa shape index (κ3) is 4.57. The molecule has 0 aromatic rings. The van der Waals surface area contributed by atoms with Crippen molar-refractivity contribution in [2.45, 2.75) is 65.1 Å². The number of hydrogen-bond acceptors (Lipinski definition) is 2. The summed E-state index contributed by atoms with van der Waals surface area (Å²) >= 11 is 0. The van der Waals surface area contributed by atoms with Crippen molar-refractivity contribution < 1.29 is 14.6 Å². The Morgan fingerprint density at radius 2 is 1.81 bits per heavy atom. The fraction of sp³-hybridized carbons (Fsp3) is 1.00. The van der Waals surface area contributed by atoms with Crippen LogP contribution in [0.15, 0.2) is 0 Å². The molecule has 0 aromatic carbocycles. The van der Waals surface area contributed by atoms with E-state index < -0.39 is 13.4 Å². The molecule has 0 amide bonds. The summed E-state index contributed by atoms with van der Waals surface area (Å²) in [5, 5.41) is 8.73. The Kier molecular flexibility index (Phi) is 7.54. The molecule has 16 heavy (non-hydrogen) atoms. The molecule has 0 bridgehead atoms. The second kappa shape index (κ2) is 7.47. The normalized spacial score (nSPS) is 21.1. The van der Waals surface area contributed by atoms with E-state index in [9.17, 15) is 14.6 Å². The maximum Gasteiger partial charge on any atom is 0.219 e. The highest BCUT2D eigenvalue weighted by Crippen LogP contribution is 2.45. The number of hydrogen-bond donors (Lipinski definition) is 2. The third-order valence-corrected chi connectivity index (χ3v) is 4.69. The highest BCUT2D eigenvalue weighted by atomic mass is 31.1. The molecule has 0 aliphatic rings. The maximum atomic E-state index is 11.3. The summed E-state index contributed by atoms with van der Waals surface area (Å²) in [4.78, 5) is 9.25. The fourth-order valence-electron chi connectivity index (χ4n) is 2.32. The van der Waals surface area contributed by atoms with E-state index in [1.165, 1.54) is 6.92 Å². The second-order valence-electron chi connectivity index (χ2n) is 4.97. The quantitative estimate of drug-likeness (QED) is 0.649. The molecule has 4 atom stereocenters. The van der Waals surface area contributed by atoms with Gasteiger partial charge in [-0.1, -0.05) is 46.5 Å². The van der Waals surface area contributed by atoms with Crippen molar-refractivity contribution >= 4 is 8.03 Å². The Hall–Kier alpha value is 0.150. The molecule has 0 radical (unpaired) electrons. The van der Waals surface area contributed by atoms with E-state index in [0.29, 0.717) is 5.92 Å². The van der Waals surface area contributed by atoms with Gasteiger partial charge in [-0.25, -0.2) is 0 Å². The Labute approximate surface area is 100 Å². The van der Waals surface area contributed by atoms with E-state index in [1.54, 1.807) is 0 Å². The van der Waals surface area contributed by atoms with Crippen LogP contribution in [-0.2, 0) is 4.57 Å². The van der Waals surface area contributed by atoms with E-state index in [2.05, 4.69) is 13.8 Å². The molecular formula is C12H27O3P. The smallest absolute Gasteiger partial charge is 0.219 e. The molecule has 0 heterocycles. The average molecular weight is 250 g/mol. The first-order valence-corrected chi connectivity index (χ1v) is 7.69. The van der Waals surface area contributed by atoms with Crippen LogP contribution in [0.5, 0.6) is 0 Å². The predicted octanol–water partition coefficient (Wildman–Crippen LogP) is 3.40. The minimum Gasteiger partial charge on any atom is -0.380 e. The van der Waals surface area contributed by atoms with Gasteiger partial charge in [-0.05, 0) is 25.2 Å². The van der Waals surface area contributed by atoms with Crippen LogP contribution in [0.1, 0.15) is 59.8 Å². The molecule has 98 valence electrons. The minimum absolute atomic E-state index is 0.0690. The van der Waals surface area contributed by atoms with Crippen LogP contribution in [-0.4, -0.2) is 15.3 Å². The lowest BCUT2D eigenvalue weighted by Gasteiger charge is -2.35. The van der Waals surface area contributed by atoms with Crippen LogP contribution < -0.4 is 0 Å². The van der Waals surface area contributed by atoms with Gasteiger partial charge in [0, 0.05) is 0 Å². The lowest BCUT2D eigenvalue weighted by atomic mass is 9.82. The monoisotopic (exact) mass is 250 g/mol. The standard InChI is InChI=1S/C12H27O3P/c1-5-7-9-10(3)11(8-6-2)12(4,13)16(14)15/h10-11,13,16H,5-9H2,1-4H3,(H,14,15). The number of rotatable bonds is 8. The first-order valence-electron chi connectivity index (χ1n) is 6.33. The second-order valence-corrected chi connectivity index (χ2v) is 6.59. The van der Waals surface area contributed by atoms with Crippen LogP contribution in [0.2, 0.25) is 0 Å². The molecule has 0 rings (SSSR count). The summed E-state index contributed by atoms with van der Waals surface area (Å²) in [6.45, 7) is 7.77. The van der Waals surface area contributed by atoms with Crippen LogP contribution in [0.3, 0.4) is 0 Å². The van der Waals surface area contributed by atoms with Gasteiger partial charge in [-0.3, -0.25) is 4.57 Å². The molecular weight excluding hydrogens is 223 g/mol. The summed E-state index contributed by atoms with van der Waals surface area (Å²) in [7, 11) is -2.90. The highest BCUT2D eigenvalue weighted by Gasteiger charge is 2.39. The zero-order chi connectivity index (χ0) is 12.8. The lowest BCUT2D eigenvalue weighted by molar-refractivity contribution is 0.0353. The molecule has 2 N–H and O–H groups in total. The van der Waals surface area contributed by atoms with E-state index in [4.69, 9.17) is 0 Å². The molecule has 0 saturated heterocycles. The van der Waals surface area contributed by atoms with Gasteiger partial charge in [0.05, 0.1) is 0 Å². The maximum absolute atomic E-state index is 11.3. The van der Waals surface area contributed by atoms with Crippen molar-refractivity contribution in [3.05, 3.63) is 0 Å². The van der Waals surface area contributed by atoms with E-state index in [-0.39, 0.29) is 5.92 Å². The Balaban J connectivity index is 4.64. The van der Waals surface area contributed by atoms with Gasteiger partial charge >= 0.3 is 0 Å². The predicted molar refractivity (Wildman–Crippen MR) is 68.9 cm³/mol. The molecule has 0 saturated carbocycles. The minimum atomic E-state index is -2.90. The zero-order valence-electron chi connectivity index (χ0n) is 11.0. The van der Waals surface area contributed by atoms with Crippen LogP contribution in [0, 0.1) is 11.8 Å². The van der Waals surface area contributed by atoms with Gasteiger partial charge in [0.25, 0.3) is 0 Å². The van der Waals surface area contributed by atoms with Crippen LogP contribution in [0.4, 0.5) is 0 Å². The van der Waals surface area contributed by atoms with Gasteiger partial charge in [-0.2, -0.15) is 0 Å². The molecule has 0 aliphatic heterocycles. The topological polar surface area (TPSA) is 57.5 Å². The van der Waals surface area contributed by atoms with Crippen molar-refractivity contribution in [2.75, 3.05) is 0 Å². The van der Waals surface area contributed by atoms with Crippen molar-refractivity contribution in [2.24, 2.45) is 11.8 Å². The first-order chi connectivity index (χ1) is 7.37. The van der Waals surface area contributed by atoms with Crippen LogP contribution >= 0.6 is 8.03 Å². The highest BCUT2D eigenvalue weighted by molar-refractivity contribution is 7.39. The van der Waals surface area contributed by atoms with Gasteiger partial charge in [-0.15, -0.1) is 0 Å². The zero-order valence-corrected chi connectivity index (χ0v) is 12.0. The Bertz CT molecular complexity index is 216. The molecule has 0 fully saturated rings. The number of unbranched alkanes of at least 4 members (excludes halogenated alkanes) is 1. The SMILES string of the molecule is CCCCC(C)C(CCC)C(C)(O)[PH](=O)O. The summed E-state index contributed by atoms with van der Waals surface area (Å²) < 4.78 is 11.3. The molecule has 3 nitrogen and oxygen atoms in total.